The molecule has 0 atom stereocenters. The molecule has 9 nitrogen and oxygen atoms in total. The molecule has 3 N–H and O–H groups in total. The van der Waals surface area contributed by atoms with Crippen LogP contribution in [0.3, 0.4) is 0 Å². The number of nitrogens with two attached hydrogens (primary N) is 1. The van der Waals surface area contributed by atoms with Crippen molar-refractivity contribution in [2.45, 2.75) is 0 Å². The molecule has 0 bridgehead atoms. The van der Waals surface area contributed by atoms with Crippen molar-refractivity contribution in [1.29, 1.82) is 5.26 Å². The van der Waals surface area contributed by atoms with E-state index in [0.29, 0.717) is 36.9 Å². The molecular formula is C18H15ClN6O3. The fourth-order valence-corrected chi connectivity index (χ4v) is 3.35. The zero-order chi connectivity index (χ0) is 19.8. The van der Waals surface area contributed by atoms with Gasteiger partial charge < -0.3 is 15.4 Å². The maximum absolute atomic E-state index is 13.0. The second kappa shape index (κ2) is 6.99. The quantitative estimate of drug-likeness (QED) is 0.658. The molecule has 1 aliphatic rings. The number of aromatic nitrogens is 3. The van der Waals surface area contributed by atoms with E-state index in [-0.39, 0.29) is 28.5 Å². The predicted molar refractivity (Wildman–Crippen MR) is 105 cm³/mol. The van der Waals surface area contributed by atoms with Gasteiger partial charge in [-0.3, -0.25) is 14.6 Å². The zero-order valence-corrected chi connectivity index (χ0v) is 15.4. The van der Waals surface area contributed by atoms with Crippen molar-refractivity contribution in [2.24, 2.45) is 0 Å². The minimum absolute atomic E-state index is 0.0338. The number of benzene rings is 1. The number of hydrogen-bond acceptors (Lipinski definition) is 7. The number of H-pyrrole nitrogens is 1. The van der Waals surface area contributed by atoms with Gasteiger partial charge in [-0.2, -0.15) is 5.26 Å². The largest absolute Gasteiger partial charge is 0.383 e. The number of morpholine rings is 1. The van der Waals surface area contributed by atoms with Crippen LogP contribution in [0.2, 0.25) is 5.02 Å². The van der Waals surface area contributed by atoms with E-state index < -0.39 is 11.1 Å². The van der Waals surface area contributed by atoms with Crippen LogP contribution in [-0.2, 0) is 4.74 Å². The summed E-state index contributed by atoms with van der Waals surface area (Å²) in [7, 11) is 0. The van der Waals surface area contributed by atoms with Gasteiger partial charge in [-0.05, 0) is 12.1 Å². The summed E-state index contributed by atoms with van der Waals surface area (Å²) in [6.07, 6.45) is 0. The minimum atomic E-state index is -0.652. The first-order valence-electron chi connectivity index (χ1n) is 8.48. The number of halogens is 1. The Morgan fingerprint density at radius 3 is 2.54 bits per heavy atom. The van der Waals surface area contributed by atoms with E-state index in [9.17, 15) is 14.9 Å². The molecular weight excluding hydrogens is 384 g/mol. The molecule has 0 spiro atoms. The van der Waals surface area contributed by atoms with Crippen molar-refractivity contribution in [1.82, 2.24) is 14.4 Å². The maximum Gasteiger partial charge on any atom is 0.279 e. The van der Waals surface area contributed by atoms with Gasteiger partial charge in [0.2, 0.25) is 5.78 Å². The first kappa shape index (κ1) is 18.0. The molecule has 1 fully saturated rings. The zero-order valence-electron chi connectivity index (χ0n) is 14.6. The average molecular weight is 399 g/mol. The molecule has 0 unspecified atom stereocenters. The Morgan fingerprint density at radius 2 is 1.89 bits per heavy atom. The van der Waals surface area contributed by atoms with Crippen LogP contribution in [0.25, 0.3) is 17.0 Å². The molecule has 0 radical (unpaired) electrons. The summed E-state index contributed by atoms with van der Waals surface area (Å²) in [4.78, 5) is 34.4. The minimum Gasteiger partial charge on any atom is -0.383 e. The summed E-state index contributed by atoms with van der Waals surface area (Å²) in [6, 6.07) is 8.44. The molecule has 3 aromatic rings. The summed E-state index contributed by atoms with van der Waals surface area (Å²) >= 11 is 5.90. The van der Waals surface area contributed by atoms with Gasteiger partial charge in [0.15, 0.2) is 0 Å². The number of nitrogens with one attached hydrogen (secondary N) is 1. The van der Waals surface area contributed by atoms with Gasteiger partial charge in [-0.25, -0.2) is 9.38 Å². The monoisotopic (exact) mass is 398 g/mol. The van der Waals surface area contributed by atoms with Crippen LogP contribution >= 0.6 is 11.6 Å². The molecule has 1 aliphatic heterocycles. The Labute approximate surface area is 163 Å². The fourth-order valence-electron chi connectivity index (χ4n) is 3.22. The number of aromatic amines is 1. The predicted octanol–water partition coefficient (Wildman–Crippen LogP) is 0.994. The van der Waals surface area contributed by atoms with Crippen molar-refractivity contribution in [3.63, 3.8) is 0 Å². The Kier molecular flexibility index (Phi) is 4.50. The third kappa shape index (κ3) is 2.89. The number of hydrogen-bond donors (Lipinski definition) is 2. The molecule has 2 aromatic heterocycles. The van der Waals surface area contributed by atoms with Gasteiger partial charge in [0.1, 0.15) is 23.1 Å². The van der Waals surface area contributed by atoms with E-state index >= 15 is 0 Å². The number of nitriles is 1. The van der Waals surface area contributed by atoms with Gasteiger partial charge in [0.25, 0.3) is 11.1 Å². The number of nitrogen functional groups attached to an aromatic ring is 1. The van der Waals surface area contributed by atoms with Crippen molar-refractivity contribution in [3.05, 3.63) is 55.6 Å². The van der Waals surface area contributed by atoms with E-state index in [4.69, 9.17) is 22.1 Å². The molecule has 10 heteroatoms. The third-order valence-corrected chi connectivity index (χ3v) is 4.82. The van der Waals surface area contributed by atoms with Crippen LogP contribution < -0.4 is 21.8 Å². The van der Waals surface area contributed by atoms with Gasteiger partial charge in [0, 0.05) is 23.7 Å². The highest BCUT2D eigenvalue weighted by molar-refractivity contribution is 6.30. The lowest BCUT2D eigenvalue weighted by molar-refractivity contribution is 0.122. The number of nitrogens with zero attached hydrogens (tertiary/aromatic N) is 4. The third-order valence-electron chi connectivity index (χ3n) is 4.56. The van der Waals surface area contributed by atoms with E-state index in [2.05, 4.69) is 9.97 Å². The summed E-state index contributed by atoms with van der Waals surface area (Å²) in [6.45, 7) is 1.83. The SMILES string of the molecule is N#Cc1c(-c2ccc(Cl)cc2)nc2[nH]c(=O)c(N3CCOCC3)c(N)n2c1=O. The summed E-state index contributed by atoms with van der Waals surface area (Å²) in [5.74, 6) is -0.0919. The highest BCUT2D eigenvalue weighted by Gasteiger charge is 2.23. The van der Waals surface area contributed by atoms with Gasteiger partial charge >= 0.3 is 0 Å². The Bertz CT molecular complexity index is 1220. The summed E-state index contributed by atoms with van der Waals surface area (Å²) in [5.41, 5.74) is 5.74. The van der Waals surface area contributed by atoms with E-state index in [1.807, 2.05) is 6.07 Å². The van der Waals surface area contributed by atoms with Crippen molar-refractivity contribution < 1.29 is 4.74 Å². The fraction of sp³-hybridized carbons (Fsp3) is 0.222. The summed E-state index contributed by atoms with van der Waals surface area (Å²) in [5, 5.41) is 10.1. The highest BCUT2D eigenvalue weighted by Crippen LogP contribution is 2.24. The highest BCUT2D eigenvalue weighted by atomic mass is 35.5. The second-order valence-electron chi connectivity index (χ2n) is 6.21. The normalized spacial score (nSPS) is 14.2. The Hall–Kier alpha value is -3.35. The maximum atomic E-state index is 13.0. The Balaban J connectivity index is 2.00. The first-order valence-corrected chi connectivity index (χ1v) is 8.86. The summed E-state index contributed by atoms with van der Waals surface area (Å²) < 4.78 is 6.35. The van der Waals surface area contributed by atoms with Gasteiger partial charge in [-0.15, -0.1) is 0 Å². The smallest absolute Gasteiger partial charge is 0.279 e. The molecule has 3 heterocycles. The average Bonchev–Trinajstić information content (AvgIpc) is 2.69. The van der Waals surface area contributed by atoms with Crippen LogP contribution in [0.1, 0.15) is 5.56 Å². The standard InChI is InChI=1S/C18H15ClN6O3/c19-11-3-1-10(2-4-11)13-12(9-20)17(27)25-15(21)14(16(26)23-18(25)22-13)24-5-7-28-8-6-24/h1-4H,5-8,21H2,(H,22,23,26). The molecule has 0 aliphatic carbocycles. The van der Waals surface area contributed by atoms with Crippen LogP contribution in [-0.4, -0.2) is 40.7 Å². The van der Waals surface area contributed by atoms with E-state index in [0.717, 1.165) is 4.40 Å². The van der Waals surface area contributed by atoms with Crippen LogP contribution in [0.5, 0.6) is 0 Å². The van der Waals surface area contributed by atoms with Crippen molar-refractivity contribution in [2.75, 3.05) is 36.9 Å². The van der Waals surface area contributed by atoms with E-state index in [1.54, 1.807) is 29.2 Å². The number of anilines is 2. The lowest BCUT2D eigenvalue weighted by atomic mass is 10.1. The number of rotatable bonds is 2. The van der Waals surface area contributed by atoms with Crippen molar-refractivity contribution >= 4 is 28.9 Å². The first-order chi connectivity index (χ1) is 13.5. The van der Waals surface area contributed by atoms with Crippen LogP contribution in [0.4, 0.5) is 11.5 Å². The second-order valence-corrected chi connectivity index (χ2v) is 6.64. The number of ether oxygens (including phenoxy) is 1. The van der Waals surface area contributed by atoms with Gasteiger partial charge in [-0.1, -0.05) is 23.7 Å². The van der Waals surface area contributed by atoms with Crippen LogP contribution in [0, 0.1) is 11.3 Å². The van der Waals surface area contributed by atoms with E-state index in [1.165, 1.54) is 0 Å². The molecule has 28 heavy (non-hydrogen) atoms. The molecule has 1 aromatic carbocycles. The molecule has 4 rings (SSSR count). The Morgan fingerprint density at radius 1 is 1.21 bits per heavy atom. The molecule has 0 saturated carbocycles. The topological polar surface area (TPSA) is 130 Å². The number of fused-ring (bicyclic) bond motifs is 1. The van der Waals surface area contributed by atoms with Gasteiger partial charge in [0.05, 0.1) is 18.9 Å². The molecule has 142 valence electrons. The molecule has 1 saturated heterocycles. The lowest BCUT2D eigenvalue weighted by Crippen LogP contribution is -2.41. The van der Waals surface area contributed by atoms with Crippen LogP contribution in [0.15, 0.2) is 33.9 Å². The van der Waals surface area contributed by atoms with Crippen molar-refractivity contribution in [3.8, 4) is 17.3 Å². The lowest BCUT2D eigenvalue weighted by Gasteiger charge is -2.29. The molecule has 0 amide bonds.